The number of hydrogen-bond donors (Lipinski definition) is 1. The molecule has 1 aliphatic rings. The molecule has 1 atom stereocenters. The minimum Gasteiger partial charge on any atom is -0.369 e. The molecule has 1 aliphatic heterocycles. The maximum atomic E-state index is 14.0. The van der Waals surface area contributed by atoms with E-state index in [1.54, 1.807) is 0 Å². The number of carbonyl (C=O) groups is 1. The molecule has 1 aromatic heterocycles. The van der Waals surface area contributed by atoms with E-state index in [9.17, 15) is 9.18 Å². The molecular formula is C22H32FN5O2. The van der Waals surface area contributed by atoms with Crippen LogP contribution in [0.15, 0.2) is 22.7 Å². The molecule has 1 fully saturated rings. The van der Waals surface area contributed by atoms with Crippen LogP contribution < -0.4 is 10.2 Å². The fourth-order valence-corrected chi connectivity index (χ4v) is 3.48. The van der Waals surface area contributed by atoms with Gasteiger partial charge in [0.1, 0.15) is 5.82 Å². The van der Waals surface area contributed by atoms with Crippen LogP contribution in [0.1, 0.15) is 57.4 Å². The first-order valence-corrected chi connectivity index (χ1v) is 10.5. The standard InChI is InChI=1S/C22H32FN5O2/c1-15(24-19(29)8-9-20-25-21(26-30-20)22(2,3)4)17-14-16(23)6-7-18(17)28-12-10-27(5)11-13-28/h6-7,14-15H,8-13H2,1-5H3,(H,24,29). The summed E-state index contributed by atoms with van der Waals surface area (Å²) in [5.41, 5.74) is 1.57. The molecule has 7 nitrogen and oxygen atoms in total. The molecule has 1 saturated heterocycles. The van der Waals surface area contributed by atoms with E-state index in [2.05, 4.69) is 32.3 Å². The lowest BCUT2D eigenvalue weighted by molar-refractivity contribution is -0.121. The molecule has 0 spiro atoms. The average molecular weight is 418 g/mol. The average Bonchev–Trinajstić information content (AvgIpc) is 3.17. The van der Waals surface area contributed by atoms with Gasteiger partial charge in [0.25, 0.3) is 0 Å². The number of piperazine rings is 1. The molecule has 2 aromatic rings. The van der Waals surface area contributed by atoms with E-state index in [0.717, 1.165) is 37.4 Å². The van der Waals surface area contributed by atoms with Crippen LogP contribution in [0.4, 0.5) is 10.1 Å². The fourth-order valence-electron chi connectivity index (χ4n) is 3.48. The largest absolute Gasteiger partial charge is 0.369 e. The molecule has 30 heavy (non-hydrogen) atoms. The highest BCUT2D eigenvalue weighted by atomic mass is 19.1. The van der Waals surface area contributed by atoms with Crippen LogP contribution in [-0.4, -0.2) is 54.2 Å². The first-order valence-electron chi connectivity index (χ1n) is 10.5. The van der Waals surface area contributed by atoms with Crippen molar-refractivity contribution in [2.75, 3.05) is 38.1 Å². The summed E-state index contributed by atoms with van der Waals surface area (Å²) in [5.74, 6) is 0.644. The number of anilines is 1. The van der Waals surface area contributed by atoms with Crippen molar-refractivity contribution in [1.82, 2.24) is 20.4 Å². The number of rotatable bonds is 6. The van der Waals surface area contributed by atoms with Crippen LogP contribution in [0.2, 0.25) is 0 Å². The third-order valence-electron chi connectivity index (χ3n) is 5.38. The van der Waals surface area contributed by atoms with E-state index in [4.69, 9.17) is 4.52 Å². The van der Waals surface area contributed by atoms with Gasteiger partial charge in [0.05, 0.1) is 6.04 Å². The molecule has 164 valence electrons. The van der Waals surface area contributed by atoms with Crippen LogP contribution in [-0.2, 0) is 16.6 Å². The van der Waals surface area contributed by atoms with E-state index in [1.807, 2.05) is 33.8 Å². The number of halogens is 1. The van der Waals surface area contributed by atoms with Crippen LogP contribution in [0.25, 0.3) is 0 Å². The van der Waals surface area contributed by atoms with E-state index in [0.29, 0.717) is 18.1 Å². The van der Waals surface area contributed by atoms with Gasteiger partial charge in [0.2, 0.25) is 11.8 Å². The number of nitrogens with zero attached hydrogens (tertiary/aromatic N) is 4. The first kappa shape index (κ1) is 22.2. The molecule has 0 radical (unpaired) electrons. The number of likely N-dealkylation sites (N-methyl/N-ethyl adjacent to an activating group) is 1. The first-order chi connectivity index (χ1) is 14.1. The molecule has 0 saturated carbocycles. The predicted octanol–water partition coefficient (Wildman–Crippen LogP) is 3.07. The van der Waals surface area contributed by atoms with Crippen LogP contribution >= 0.6 is 0 Å². The van der Waals surface area contributed by atoms with Gasteiger partial charge in [-0.2, -0.15) is 4.98 Å². The van der Waals surface area contributed by atoms with Gasteiger partial charge in [-0.3, -0.25) is 4.79 Å². The summed E-state index contributed by atoms with van der Waals surface area (Å²) in [4.78, 5) is 21.4. The highest BCUT2D eigenvalue weighted by molar-refractivity contribution is 5.77. The zero-order chi connectivity index (χ0) is 21.9. The summed E-state index contributed by atoms with van der Waals surface area (Å²) < 4.78 is 19.2. The maximum absolute atomic E-state index is 14.0. The van der Waals surface area contributed by atoms with E-state index in [-0.39, 0.29) is 29.6 Å². The van der Waals surface area contributed by atoms with Gasteiger partial charge in [-0.25, -0.2) is 4.39 Å². The monoisotopic (exact) mass is 417 g/mol. The number of carbonyl (C=O) groups excluding carboxylic acids is 1. The molecule has 0 bridgehead atoms. The molecule has 1 amide bonds. The van der Waals surface area contributed by atoms with Crippen molar-refractivity contribution in [3.63, 3.8) is 0 Å². The third-order valence-corrected chi connectivity index (χ3v) is 5.38. The number of nitrogens with one attached hydrogen (secondary N) is 1. The Balaban J connectivity index is 1.62. The van der Waals surface area contributed by atoms with Crippen LogP contribution in [0, 0.1) is 5.82 Å². The van der Waals surface area contributed by atoms with Gasteiger partial charge in [-0.1, -0.05) is 25.9 Å². The van der Waals surface area contributed by atoms with Gasteiger partial charge < -0.3 is 19.6 Å². The molecule has 2 heterocycles. The van der Waals surface area contributed by atoms with Crippen molar-refractivity contribution in [3.8, 4) is 0 Å². The molecule has 1 aromatic carbocycles. The van der Waals surface area contributed by atoms with E-state index in [1.165, 1.54) is 12.1 Å². The number of hydrogen-bond acceptors (Lipinski definition) is 6. The highest BCUT2D eigenvalue weighted by Gasteiger charge is 2.23. The SMILES string of the molecule is CC(NC(=O)CCc1nc(C(C)(C)C)no1)c1cc(F)ccc1N1CCN(C)CC1. The quantitative estimate of drug-likeness (QED) is 0.779. The molecule has 1 unspecified atom stereocenters. The number of amides is 1. The Bertz CT molecular complexity index is 869. The Morgan fingerprint density at radius 3 is 2.60 bits per heavy atom. The molecular weight excluding hydrogens is 385 g/mol. The van der Waals surface area contributed by atoms with E-state index < -0.39 is 0 Å². The maximum Gasteiger partial charge on any atom is 0.227 e. The zero-order valence-electron chi connectivity index (χ0n) is 18.5. The predicted molar refractivity (Wildman–Crippen MR) is 114 cm³/mol. The van der Waals surface area contributed by atoms with Gasteiger partial charge in [0, 0.05) is 55.7 Å². The summed E-state index contributed by atoms with van der Waals surface area (Å²) in [7, 11) is 2.10. The summed E-state index contributed by atoms with van der Waals surface area (Å²) in [6, 6.07) is 4.50. The minimum atomic E-state index is -0.310. The summed E-state index contributed by atoms with van der Waals surface area (Å²) in [6.45, 7) is 11.6. The molecule has 0 aliphatic carbocycles. The number of benzene rings is 1. The Labute approximate surface area is 177 Å². The van der Waals surface area contributed by atoms with Crippen molar-refractivity contribution in [3.05, 3.63) is 41.3 Å². The minimum absolute atomic E-state index is 0.133. The summed E-state index contributed by atoms with van der Waals surface area (Å²) in [6.07, 6.45) is 0.603. The Morgan fingerprint density at radius 1 is 1.27 bits per heavy atom. The number of aromatic nitrogens is 2. The lowest BCUT2D eigenvalue weighted by atomic mass is 9.96. The Kier molecular flexibility index (Phi) is 6.75. The molecule has 1 N–H and O–H groups in total. The van der Waals surface area contributed by atoms with Gasteiger partial charge >= 0.3 is 0 Å². The second-order valence-electron chi connectivity index (χ2n) is 9.04. The van der Waals surface area contributed by atoms with Crippen molar-refractivity contribution >= 4 is 11.6 Å². The van der Waals surface area contributed by atoms with Crippen molar-refractivity contribution in [2.45, 2.75) is 52.0 Å². The third kappa shape index (κ3) is 5.56. The smallest absolute Gasteiger partial charge is 0.227 e. The van der Waals surface area contributed by atoms with Gasteiger partial charge in [-0.05, 0) is 32.2 Å². The highest BCUT2D eigenvalue weighted by Crippen LogP contribution is 2.28. The topological polar surface area (TPSA) is 74.5 Å². The lowest BCUT2D eigenvalue weighted by Crippen LogP contribution is -2.45. The van der Waals surface area contributed by atoms with Gasteiger partial charge in [-0.15, -0.1) is 0 Å². The van der Waals surface area contributed by atoms with Crippen molar-refractivity contribution in [2.24, 2.45) is 0 Å². The van der Waals surface area contributed by atoms with Crippen LogP contribution in [0.5, 0.6) is 0 Å². The fraction of sp³-hybridized carbons (Fsp3) is 0.591. The van der Waals surface area contributed by atoms with E-state index >= 15 is 0 Å². The van der Waals surface area contributed by atoms with Crippen molar-refractivity contribution < 1.29 is 13.7 Å². The van der Waals surface area contributed by atoms with Gasteiger partial charge in [0.15, 0.2) is 5.82 Å². The number of aryl methyl sites for hydroxylation is 1. The normalized spacial score (nSPS) is 16.5. The zero-order valence-corrected chi connectivity index (χ0v) is 18.5. The summed E-state index contributed by atoms with van der Waals surface area (Å²) >= 11 is 0. The Hall–Kier alpha value is -2.48. The van der Waals surface area contributed by atoms with Crippen LogP contribution in [0.3, 0.4) is 0 Å². The second-order valence-corrected chi connectivity index (χ2v) is 9.04. The molecule has 8 heteroatoms. The molecule has 3 rings (SSSR count). The second kappa shape index (κ2) is 9.12. The summed E-state index contributed by atoms with van der Waals surface area (Å²) in [5, 5.41) is 6.97. The lowest BCUT2D eigenvalue weighted by Gasteiger charge is -2.36. The van der Waals surface area contributed by atoms with Crippen molar-refractivity contribution in [1.29, 1.82) is 0 Å². The Morgan fingerprint density at radius 2 is 1.97 bits per heavy atom.